The summed E-state index contributed by atoms with van der Waals surface area (Å²) in [6, 6.07) is -0.905. The summed E-state index contributed by atoms with van der Waals surface area (Å²) in [7, 11) is 1.37. The summed E-state index contributed by atoms with van der Waals surface area (Å²) in [4.78, 5) is 40.1. The predicted octanol–water partition coefficient (Wildman–Crippen LogP) is 0.653. The summed E-state index contributed by atoms with van der Waals surface area (Å²) in [5, 5.41) is 0. The fourth-order valence-corrected chi connectivity index (χ4v) is 4.49. The van der Waals surface area contributed by atoms with E-state index >= 15 is 0 Å². The normalized spacial score (nSPS) is 35.3. The number of fused-ring (bicyclic) bond motifs is 1. The minimum absolute atomic E-state index is 0.0739. The summed E-state index contributed by atoms with van der Waals surface area (Å²) < 4.78 is 4.93. The van der Waals surface area contributed by atoms with Crippen molar-refractivity contribution in [3.63, 3.8) is 0 Å². The maximum atomic E-state index is 12.9. The Morgan fingerprint density at radius 1 is 1.18 bits per heavy atom. The van der Waals surface area contributed by atoms with Gasteiger partial charge in [0.1, 0.15) is 12.1 Å². The number of likely N-dealkylation sites (tertiary alicyclic amines) is 2. The van der Waals surface area contributed by atoms with Crippen molar-refractivity contribution in [3.05, 3.63) is 0 Å². The third-order valence-corrected chi connectivity index (χ3v) is 5.88. The van der Waals surface area contributed by atoms with Crippen LogP contribution in [-0.4, -0.2) is 59.9 Å². The number of rotatable bonds is 2. The van der Waals surface area contributed by atoms with Gasteiger partial charge in [0, 0.05) is 25.9 Å². The number of amides is 2. The Balaban J connectivity index is 1.81. The highest BCUT2D eigenvalue weighted by molar-refractivity contribution is 5.92. The van der Waals surface area contributed by atoms with Gasteiger partial charge in [0.15, 0.2) is 0 Å². The van der Waals surface area contributed by atoms with Gasteiger partial charge in [-0.05, 0) is 24.2 Å². The lowest BCUT2D eigenvalue weighted by Gasteiger charge is -2.33. The van der Waals surface area contributed by atoms with Crippen LogP contribution < -0.4 is 0 Å². The van der Waals surface area contributed by atoms with E-state index in [4.69, 9.17) is 4.74 Å². The third kappa shape index (κ3) is 2.03. The van der Waals surface area contributed by atoms with Gasteiger partial charge in [-0.1, -0.05) is 13.8 Å². The number of carbonyl (C=O) groups excluding carboxylic acids is 3. The number of hydrogen-bond acceptors (Lipinski definition) is 4. The third-order valence-electron chi connectivity index (χ3n) is 5.88. The summed E-state index contributed by atoms with van der Waals surface area (Å²) >= 11 is 0. The van der Waals surface area contributed by atoms with Gasteiger partial charge < -0.3 is 14.5 Å². The first-order valence-corrected chi connectivity index (χ1v) is 7.96. The number of piperidine rings is 1. The van der Waals surface area contributed by atoms with Gasteiger partial charge in [0.2, 0.25) is 11.8 Å². The quantitative estimate of drug-likeness (QED) is 0.703. The van der Waals surface area contributed by atoms with E-state index in [0.717, 1.165) is 6.42 Å². The molecule has 3 rings (SSSR count). The number of esters is 1. The molecule has 0 radical (unpaired) electrons. The monoisotopic (exact) mass is 308 g/mol. The van der Waals surface area contributed by atoms with E-state index in [1.807, 2.05) is 0 Å². The number of carbonyl (C=O) groups is 3. The van der Waals surface area contributed by atoms with E-state index < -0.39 is 12.1 Å². The Labute approximate surface area is 130 Å². The Hall–Kier alpha value is -1.59. The highest BCUT2D eigenvalue weighted by Gasteiger charge is 2.70. The number of hydrogen-bond donors (Lipinski definition) is 0. The van der Waals surface area contributed by atoms with Crippen LogP contribution in [0.25, 0.3) is 0 Å². The van der Waals surface area contributed by atoms with Crippen molar-refractivity contribution < 1.29 is 19.1 Å². The second-order valence-corrected chi connectivity index (χ2v) is 7.28. The molecular formula is C16H24N2O4. The summed E-state index contributed by atoms with van der Waals surface area (Å²) in [5.74, 6) is 0.0314. The fourth-order valence-electron chi connectivity index (χ4n) is 4.49. The average Bonchev–Trinajstić information content (AvgIpc) is 2.93. The van der Waals surface area contributed by atoms with Gasteiger partial charge in [-0.3, -0.25) is 9.59 Å². The summed E-state index contributed by atoms with van der Waals surface area (Å²) in [6.45, 7) is 6.99. The van der Waals surface area contributed by atoms with Crippen molar-refractivity contribution in [1.82, 2.24) is 9.80 Å². The minimum Gasteiger partial charge on any atom is -0.467 e. The van der Waals surface area contributed by atoms with Crippen molar-refractivity contribution in [2.45, 2.75) is 45.7 Å². The number of nitrogens with zero attached hydrogens (tertiary/aromatic N) is 2. The Morgan fingerprint density at radius 3 is 2.45 bits per heavy atom. The zero-order valence-corrected chi connectivity index (χ0v) is 13.7. The lowest BCUT2D eigenvalue weighted by molar-refractivity contribution is -0.155. The molecule has 0 aromatic heterocycles. The number of ether oxygens (including phenoxy) is 1. The van der Waals surface area contributed by atoms with Crippen LogP contribution in [0.1, 0.15) is 33.6 Å². The molecule has 22 heavy (non-hydrogen) atoms. The van der Waals surface area contributed by atoms with E-state index in [9.17, 15) is 14.4 Å². The van der Waals surface area contributed by atoms with E-state index in [1.165, 1.54) is 14.0 Å². The van der Waals surface area contributed by atoms with Crippen LogP contribution in [0.5, 0.6) is 0 Å². The molecule has 0 aromatic carbocycles. The molecule has 0 bridgehead atoms. The molecule has 1 aliphatic carbocycles. The molecule has 122 valence electrons. The maximum Gasteiger partial charge on any atom is 0.328 e. The zero-order valence-electron chi connectivity index (χ0n) is 13.7. The van der Waals surface area contributed by atoms with Crippen molar-refractivity contribution in [3.8, 4) is 0 Å². The smallest absolute Gasteiger partial charge is 0.328 e. The van der Waals surface area contributed by atoms with Crippen molar-refractivity contribution in [1.29, 1.82) is 0 Å². The van der Waals surface area contributed by atoms with Gasteiger partial charge in [0.25, 0.3) is 0 Å². The van der Waals surface area contributed by atoms with Gasteiger partial charge >= 0.3 is 5.97 Å². The Bertz CT molecular complexity index is 530. The predicted molar refractivity (Wildman–Crippen MR) is 78.7 cm³/mol. The molecule has 4 atom stereocenters. The van der Waals surface area contributed by atoms with Gasteiger partial charge in [-0.25, -0.2) is 4.79 Å². The van der Waals surface area contributed by atoms with E-state index in [0.29, 0.717) is 25.4 Å². The molecule has 0 unspecified atom stereocenters. The second kappa shape index (κ2) is 4.96. The van der Waals surface area contributed by atoms with Crippen LogP contribution in [0.2, 0.25) is 0 Å². The standard InChI is InChI=1S/C16H24N2O4/c1-9(19)17-7-5-6-11(17)14(20)18-8-10-12(16(10,2)3)13(18)15(21)22-4/h10-13H,5-8H2,1-4H3/t10-,11+,12-,13-/m0/s1. The van der Waals surface area contributed by atoms with Crippen LogP contribution in [0.15, 0.2) is 0 Å². The van der Waals surface area contributed by atoms with Crippen LogP contribution in [0, 0.1) is 17.3 Å². The lowest BCUT2D eigenvalue weighted by Crippen LogP contribution is -2.53. The molecule has 6 heteroatoms. The maximum absolute atomic E-state index is 12.9. The largest absolute Gasteiger partial charge is 0.467 e. The first-order chi connectivity index (χ1) is 10.3. The SMILES string of the molecule is COC(=O)[C@@H]1[C@@H]2[C@H](CN1C(=O)[C@H]1CCCN1C(C)=O)C2(C)C. The zero-order chi connectivity index (χ0) is 16.2. The van der Waals surface area contributed by atoms with Gasteiger partial charge in [0.05, 0.1) is 7.11 Å². The van der Waals surface area contributed by atoms with Crippen molar-refractivity contribution >= 4 is 17.8 Å². The average molecular weight is 308 g/mol. The van der Waals surface area contributed by atoms with Gasteiger partial charge in [-0.15, -0.1) is 0 Å². The molecule has 1 saturated carbocycles. The molecule has 3 aliphatic rings. The van der Waals surface area contributed by atoms with Crippen LogP contribution >= 0.6 is 0 Å². The summed E-state index contributed by atoms with van der Waals surface area (Å²) in [5.41, 5.74) is 0.0889. The highest BCUT2D eigenvalue weighted by atomic mass is 16.5. The van der Waals surface area contributed by atoms with E-state index in [1.54, 1.807) is 9.80 Å². The highest BCUT2D eigenvalue weighted by Crippen LogP contribution is 2.65. The second-order valence-electron chi connectivity index (χ2n) is 7.28. The minimum atomic E-state index is -0.494. The van der Waals surface area contributed by atoms with E-state index in [-0.39, 0.29) is 29.1 Å². The topological polar surface area (TPSA) is 66.9 Å². The molecular weight excluding hydrogens is 284 g/mol. The van der Waals surface area contributed by atoms with Crippen LogP contribution in [0.4, 0.5) is 0 Å². The first-order valence-electron chi connectivity index (χ1n) is 7.96. The van der Waals surface area contributed by atoms with Crippen LogP contribution in [-0.2, 0) is 19.1 Å². The fraction of sp³-hybridized carbons (Fsp3) is 0.812. The molecule has 0 spiro atoms. The van der Waals surface area contributed by atoms with E-state index in [2.05, 4.69) is 13.8 Å². The first kappa shape index (κ1) is 15.3. The number of methoxy groups -OCH3 is 1. The molecule has 2 saturated heterocycles. The van der Waals surface area contributed by atoms with Crippen LogP contribution in [0.3, 0.4) is 0 Å². The summed E-state index contributed by atoms with van der Waals surface area (Å²) in [6.07, 6.45) is 1.52. The molecule has 2 aliphatic heterocycles. The molecule has 6 nitrogen and oxygen atoms in total. The molecule has 3 fully saturated rings. The Kier molecular flexibility index (Phi) is 3.45. The van der Waals surface area contributed by atoms with Crippen molar-refractivity contribution in [2.75, 3.05) is 20.2 Å². The lowest BCUT2D eigenvalue weighted by atomic mass is 10.00. The molecule has 2 amide bonds. The molecule has 0 N–H and O–H groups in total. The molecule has 0 aromatic rings. The van der Waals surface area contributed by atoms with Gasteiger partial charge in [-0.2, -0.15) is 0 Å². The molecule has 2 heterocycles. The van der Waals surface area contributed by atoms with Crippen molar-refractivity contribution in [2.24, 2.45) is 17.3 Å². The Morgan fingerprint density at radius 2 is 1.86 bits per heavy atom.